The number of hydrogen-bond donors (Lipinski definition) is 0. The van der Waals surface area contributed by atoms with Crippen molar-refractivity contribution in [3.63, 3.8) is 0 Å². The van der Waals surface area contributed by atoms with Crippen molar-refractivity contribution in [3.8, 4) is 11.5 Å². The number of benzene rings is 2. The molecule has 0 fully saturated rings. The van der Waals surface area contributed by atoms with Crippen molar-refractivity contribution in [1.29, 1.82) is 0 Å². The minimum atomic E-state index is 0. The number of methoxy groups -OCH3 is 1. The summed E-state index contributed by atoms with van der Waals surface area (Å²) in [6.45, 7) is 0.546. The zero-order chi connectivity index (χ0) is 11.2. The van der Waals surface area contributed by atoms with E-state index in [1.54, 1.807) is 13.2 Å². The number of ether oxygens (including phenoxy) is 2. The summed E-state index contributed by atoms with van der Waals surface area (Å²) in [5.41, 5.74) is 1.14. The number of rotatable bonds is 4. The Labute approximate surface area is 134 Å². The van der Waals surface area contributed by atoms with E-state index in [1.807, 2.05) is 42.5 Å². The fraction of sp³-hybridized carbons (Fsp3) is 0.143. The van der Waals surface area contributed by atoms with E-state index in [1.165, 1.54) is 0 Å². The third kappa shape index (κ3) is 5.29. The average molecular weight is 317 g/mol. The maximum Gasteiger partial charge on any atom is 2.00 e. The largest absolute Gasteiger partial charge is 2.00 e. The normalized spacial score (nSPS) is 8.72. The summed E-state index contributed by atoms with van der Waals surface area (Å²) in [6.07, 6.45) is 0. The molecule has 2 aromatic carbocycles. The van der Waals surface area contributed by atoms with Gasteiger partial charge in [0.05, 0.1) is 7.11 Å². The van der Waals surface area contributed by atoms with Gasteiger partial charge >= 0.3 is 23.1 Å². The van der Waals surface area contributed by atoms with E-state index in [0.29, 0.717) is 12.4 Å². The van der Waals surface area contributed by atoms with E-state index in [-0.39, 0.29) is 40.0 Å². The first-order valence-electron chi connectivity index (χ1n) is 5.11. The Kier molecular flexibility index (Phi) is 8.88. The van der Waals surface area contributed by atoms with Crippen LogP contribution in [0.3, 0.4) is 0 Å². The molecule has 0 spiro atoms. The minimum Gasteiger partial charge on any atom is -1.00 e. The first kappa shape index (κ1) is 17.3. The molecule has 0 aliphatic carbocycles. The van der Waals surface area contributed by atoms with Crippen LogP contribution in [0.15, 0.2) is 48.5 Å². The molecule has 2 nitrogen and oxygen atoms in total. The average Bonchev–Trinajstić information content (AvgIpc) is 2.38. The van der Waals surface area contributed by atoms with Gasteiger partial charge in [-0.15, -0.1) is 12.1 Å². The van der Waals surface area contributed by atoms with Crippen LogP contribution in [0.5, 0.6) is 11.5 Å². The molecule has 0 heterocycles. The van der Waals surface area contributed by atoms with E-state index in [0.717, 1.165) is 11.3 Å². The second-order valence-corrected chi connectivity index (χ2v) is 3.37. The molecule has 0 bridgehead atoms. The molecule has 0 saturated carbocycles. The fourth-order valence-electron chi connectivity index (χ4n) is 1.37. The van der Waals surface area contributed by atoms with Gasteiger partial charge in [0.1, 0.15) is 6.61 Å². The molecule has 0 aliphatic heterocycles. The van der Waals surface area contributed by atoms with Gasteiger partial charge in [0.15, 0.2) is 0 Å². The first-order valence-corrected chi connectivity index (χ1v) is 5.11. The Bertz CT molecular complexity index is 449. The predicted molar refractivity (Wildman–Crippen MR) is 68.4 cm³/mol. The van der Waals surface area contributed by atoms with Crippen LogP contribution in [0.1, 0.15) is 5.56 Å². The summed E-state index contributed by atoms with van der Waals surface area (Å²) in [5, 5.41) is 0. The van der Waals surface area contributed by atoms with Crippen molar-refractivity contribution < 1.29 is 26.5 Å². The maximum atomic E-state index is 5.60. The van der Waals surface area contributed by atoms with Gasteiger partial charge in [0.25, 0.3) is 0 Å². The quantitative estimate of drug-likeness (QED) is 0.569. The molecule has 0 unspecified atom stereocenters. The third-order valence-electron chi connectivity index (χ3n) is 2.22. The van der Waals surface area contributed by atoms with Crippen LogP contribution in [-0.4, -0.2) is 30.2 Å². The Balaban J connectivity index is 0.00000144. The molecule has 0 radical (unpaired) electrons. The predicted octanol–water partition coefficient (Wildman–Crippen LogP) is -0.302. The van der Waals surface area contributed by atoms with Gasteiger partial charge in [0, 0.05) is 11.5 Å². The molecule has 2 aromatic rings. The van der Waals surface area contributed by atoms with Gasteiger partial charge in [-0.2, -0.15) is 6.07 Å². The van der Waals surface area contributed by atoms with Crippen LogP contribution in [0.25, 0.3) is 0 Å². The fourth-order valence-corrected chi connectivity index (χ4v) is 1.37. The molecule has 0 saturated heterocycles. The van der Waals surface area contributed by atoms with Crippen molar-refractivity contribution in [2.75, 3.05) is 7.11 Å². The van der Waals surface area contributed by atoms with Crippen molar-refractivity contribution >= 4 is 23.1 Å². The number of hydrogen-bond acceptors (Lipinski definition) is 2. The monoisotopic (exact) mass is 316 g/mol. The molecule has 2 rings (SSSR count). The molecular formula is C14H13BrMgO2. The zero-order valence-electron chi connectivity index (χ0n) is 10.2. The molecule has 4 heteroatoms. The van der Waals surface area contributed by atoms with Crippen molar-refractivity contribution in [2.24, 2.45) is 0 Å². The summed E-state index contributed by atoms with van der Waals surface area (Å²) in [4.78, 5) is 0. The van der Waals surface area contributed by atoms with Gasteiger partial charge in [-0.3, -0.25) is 0 Å². The summed E-state index contributed by atoms with van der Waals surface area (Å²) in [7, 11) is 1.64. The summed E-state index contributed by atoms with van der Waals surface area (Å²) >= 11 is 0. The second-order valence-electron chi connectivity index (χ2n) is 3.37. The Morgan fingerprint density at radius 3 is 2.50 bits per heavy atom. The molecule has 18 heavy (non-hydrogen) atoms. The van der Waals surface area contributed by atoms with Crippen LogP contribution in [0.4, 0.5) is 0 Å². The minimum absolute atomic E-state index is 0. The van der Waals surface area contributed by atoms with Crippen LogP contribution in [0.2, 0.25) is 0 Å². The van der Waals surface area contributed by atoms with Crippen LogP contribution < -0.4 is 26.5 Å². The van der Waals surface area contributed by atoms with Gasteiger partial charge < -0.3 is 26.5 Å². The SMILES string of the molecule is COc1cc[c-]c(OCc2ccccc2)c1.[Br-].[Mg+2]. The number of halogens is 1. The Morgan fingerprint density at radius 2 is 1.83 bits per heavy atom. The van der Waals surface area contributed by atoms with E-state index in [2.05, 4.69) is 6.07 Å². The van der Waals surface area contributed by atoms with Gasteiger partial charge in [-0.1, -0.05) is 36.4 Å². The zero-order valence-corrected chi connectivity index (χ0v) is 13.2. The molecule has 0 N–H and O–H groups in total. The first-order chi connectivity index (χ1) is 7.88. The van der Waals surface area contributed by atoms with Crippen LogP contribution in [-0.2, 0) is 6.61 Å². The van der Waals surface area contributed by atoms with Crippen molar-refractivity contribution in [2.45, 2.75) is 6.61 Å². The summed E-state index contributed by atoms with van der Waals surface area (Å²) in [5.74, 6) is 1.48. The molecular weight excluding hydrogens is 304 g/mol. The maximum absolute atomic E-state index is 5.60. The van der Waals surface area contributed by atoms with E-state index in [4.69, 9.17) is 9.47 Å². The van der Waals surface area contributed by atoms with E-state index < -0.39 is 0 Å². The molecule has 90 valence electrons. The summed E-state index contributed by atoms with van der Waals surface area (Å²) < 4.78 is 10.7. The van der Waals surface area contributed by atoms with Gasteiger partial charge in [0.2, 0.25) is 0 Å². The topological polar surface area (TPSA) is 18.5 Å². The van der Waals surface area contributed by atoms with Crippen molar-refractivity contribution in [3.05, 3.63) is 60.2 Å². The van der Waals surface area contributed by atoms with Crippen LogP contribution in [0, 0.1) is 6.07 Å². The smallest absolute Gasteiger partial charge is 1.00 e. The van der Waals surface area contributed by atoms with Crippen molar-refractivity contribution in [1.82, 2.24) is 0 Å². The molecule has 0 aliphatic rings. The van der Waals surface area contributed by atoms with Crippen LogP contribution >= 0.6 is 0 Å². The van der Waals surface area contributed by atoms with Gasteiger partial charge in [-0.25, -0.2) is 0 Å². The third-order valence-corrected chi connectivity index (χ3v) is 2.22. The molecule has 0 atom stereocenters. The van der Waals surface area contributed by atoms with E-state index >= 15 is 0 Å². The summed E-state index contributed by atoms with van der Waals surface area (Å²) in [6, 6.07) is 18.5. The molecule has 0 amide bonds. The standard InChI is InChI=1S/C14H13O2.BrH.Mg/c1-15-13-8-5-9-14(10-13)16-11-12-6-3-2-4-7-12;;/h2-8,10H,11H2,1H3;1H;/q-1;;+2/p-1. The van der Waals surface area contributed by atoms with E-state index in [9.17, 15) is 0 Å². The Morgan fingerprint density at radius 1 is 1.11 bits per heavy atom. The Hall–Kier alpha value is -0.714. The van der Waals surface area contributed by atoms with Gasteiger partial charge in [-0.05, 0) is 5.56 Å². The molecule has 0 aromatic heterocycles. The second kappa shape index (κ2) is 9.25.